The summed E-state index contributed by atoms with van der Waals surface area (Å²) in [7, 11) is 0. The zero-order valence-corrected chi connectivity index (χ0v) is 12.5. The number of halogens is 1. The molecule has 7 heteroatoms. The molecule has 0 amide bonds. The lowest BCUT2D eigenvalue weighted by molar-refractivity contribution is -0.139. The lowest BCUT2D eigenvalue weighted by atomic mass is 10.2. The van der Waals surface area contributed by atoms with Gasteiger partial charge in [-0.1, -0.05) is 16.8 Å². The highest BCUT2D eigenvalue weighted by atomic mass is 35.5. The molecule has 1 heterocycles. The van der Waals surface area contributed by atoms with E-state index in [0.717, 1.165) is 5.56 Å². The van der Waals surface area contributed by atoms with Crippen LogP contribution in [0.25, 0.3) is 11.5 Å². The molecule has 0 spiro atoms. The minimum Gasteiger partial charge on any atom is -0.480 e. The lowest BCUT2D eigenvalue weighted by Crippen LogP contribution is -2.35. The van der Waals surface area contributed by atoms with Crippen LogP contribution in [-0.2, 0) is 11.3 Å². The average molecular weight is 310 g/mol. The Labute approximate surface area is 127 Å². The number of hydrogen-bond acceptors (Lipinski definition) is 5. The molecule has 0 saturated carbocycles. The van der Waals surface area contributed by atoms with Gasteiger partial charge in [-0.05, 0) is 38.1 Å². The van der Waals surface area contributed by atoms with Gasteiger partial charge in [0.1, 0.15) is 0 Å². The minimum atomic E-state index is -0.884. The highest BCUT2D eigenvalue weighted by Crippen LogP contribution is 2.20. The maximum atomic E-state index is 10.8. The molecule has 6 nitrogen and oxygen atoms in total. The summed E-state index contributed by atoms with van der Waals surface area (Å²) < 4.78 is 5.20. The smallest absolute Gasteiger partial charge is 0.317 e. The molecule has 0 aliphatic rings. The Morgan fingerprint density at radius 2 is 2.05 bits per heavy atom. The summed E-state index contributed by atoms with van der Waals surface area (Å²) in [6, 6.07) is 7.13. The molecule has 1 aromatic heterocycles. The van der Waals surface area contributed by atoms with E-state index in [9.17, 15) is 4.79 Å². The number of benzene rings is 1. The van der Waals surface area contributed by atoms with Gasteiger partial charge in [0.05, 0.1) is 13.1 Å². The van der Waals surface area contributed by atoms with Gasteiger partial charge in [-0.25, -0.2) is 0 Å². The van der Waals surface area contributed by atoms with Gasteiger partial charge in [0.25, 0.3) is 5.89 Å². The topological polar surface area (TPSA) is 79.5 Å². The molecule has 0 aliphatic heterocycles. The van der Waals surface area contributed by atoms with Crippen molar-refractivity contribution in [3.05, 3.63) is 35.1 Å². The summed E-state index contributed by atoms with van der Waals surface area (Å²) in [5.74, 6) is -0.0410. The molecule has 0 atom stereocenters. The first-order valence-electron chi connectivity index (χ1n) is 6.50. The van der Waals surface area contributed by atoms with E-state index in [0.29, 0.717) is 23.3 Å². The van der Waals surface area contributed by atoms with Gasteiger partial charge in [0.15, 0.2) is 5.82 Å². The molecule has 0 fully saturated rings. The Balaban J connectivity index is 2.11. The van der Waals surface area contributed by atoms with Gasteiger partial charge >= 0.3 is 5.97 Å². The third-order valence-electron chi connectivity index (χ3n) is 2.97. The molecular formula is C14H16ClN3O3. The first-order valence-corrected chi connectivity index (χ1v) is 6.88. The first-order chi connectivity index (χ1) is 9.95. The summed E-state index contributed by atoms with van der Waals surface area (Å²) in [5.41, 5.74) is 0.771. The van der Waals surface area contributed by atoms with Gasteiger partial charge in [-0.15, -0.1) is 0 Å². The van der Waals surface area contributed by atoms with Crippen LogP contribution in [0, 0.1) is 0 Å². The maximum Gasteiger partial charge on any atom is 0.317 e. The lowest BCUT2D eigenvalue weighted by Gasteiger charge is -2.22. The van der Waals surface area contributed by atoms with Crippen molar-refractivity contribution in [1.29, 1.82) is 0 Å². The first kappa shape index (κ1) is 15.5. The molecule has 0 bridgehead atoms. The summed E-state index contributed by atoms with van der Waals surface area (Å²) in [5, 5.41) is 13.4. The second kappa shape index (κ2) is 6.69. The highest BCUT2D eigenvalue weighted by molar-refractivity contribution is 6.30. The van der Waals surface area contributed by atoms with Crippen molar-refractivity contribution in [2.24, 2.45) is 0 Å². The summed E-state index contributed by atoms with van der Waals surface area (Å²) >= 11 is 5.83. The van der Waals surface area contributed by atoms with Crippen LogP contribution >= 0.6 is 11.6 Å². The molecule has 0 aliphatic carbocycles. The van der Waals surface area contributed by atoms with Gasteiger partial charge in [-0.3, -0.25) is 9.69 Å². The minimum absolute atomic E-state index is 0.0670. The van der Waals surface area contributed by atoms with E-state index >= 15 is 0 Å². The standard InChI is InChI=1S/C14H16ClN3O3/c1-9(2)18(8-13(19)20)7-12-16-14(21-17-12)10-3-5-11(15)6-4-10/h3-6,9H,7-8H2,1-2H3,(H,19,20). The molecule has 112 valence electrons. The molecule has 21 heavy (non-hydrogen) atoms. The van der Waals surface area contributed by atoms with Crippen molar-refractivity contribution in [3.8, 4) is 11.5 Å². The van der Waals surface area contributed by atoms with E-state index in [1.165, 1.54) is 0 Å². The zero-order chi connectivity index (χ0) is 15.4. The van der Waals surface area contributed by atoms with Crippen molar-refractivity contribution >= 4 is 17.6 Å². The van der Waals surface area contributed by atoms with E-state index in [2.05, 4.69) is 10.1 Å². The molecule has 0 radical (unpaired) electrons. The van der Waals surface area contributed by atoms with Crippen LogP contribution in [-0.4, -0.2) is 38.7 Å². The third-order valence-corrected chi connectivity index (χ3v) is 3.22. The van der Waals surface area contributed by atoms with Crippen LogP contribution in [0.5, 0.6) is 0 Å². The van der Waals surface area contributed by atoms with Crippen molar-refractivity contribution < 1.29 is 14.4 Å². The average Bonchev–Trinajstić information content (AvgIpc) is 2.87. The van der Waals surface area contributed by atoms with Crippen LogP contribution < -0.4 is 0 Å². The van der Waals surface area contributed by atoms with Crippen LogP contribution in [0.1, 0.15) is 19.7 Å². The van der Waals surface area contributed by atoms with Crippen molar-refractivity contribution in [3.63, 3.8) is 0 Å². The number of rotatable bonds is 6. The normalized spacial score (nSPS) is 11.3. The molecular weight excluding hydrogens is 294 g/mol. The predicted molar refractivity (Wildman–Crippen MR) is 77.9 cm³/mol. The van der Waals surface area contributed by atoms with Gasteiger partial charge in [0, 0.05) is 16.6 Å². The molecule has 0 saturated heterocycles. The van der Waals surface area contributed by atoms with Crippen LogP contribution in [0.3, 0.4) is 0 Å². The van der Waals surface area contributed by atoms with E-state index in [1.54, 1.807) is 29.2 Å². The largest absolute Gasteiger partial charge is 0.480 e. The fraction of sp³-hybridized carbons (Fsp3) is 0.357. The number of hydrogen-bond donors (Lipinski definition) is 1. The quantitative estimate of drug-likeness (QED) is 0.883. The number of aliphatic carboxylic acids is 1. The summed E-state index contributed by atoms with van der Waals surface area (Å²) in [4.78, 5) is 16.9. The number of carboxylic acid groups (broad SMARTS) is 1. The fourth-order valence-corrected chi connectivity index (χ4v) is 1.93. The molecule has 1 N–H and O–H groups in total. The third kappa shape index (κ3) is 4.27. The van der Waals surface area contributed by atoms with Gasteiger partial charge in [0.2, 0.25) is 0 Å². The SMILES string of the molecule is CC(C)N(CC(=O)O)Cc1noc(-c2ccc(Cl)cc2)n1. The Bertz CT molecular complexity index is 610. The molecule has 2 rings (SSSR count). The van der Waals surface area contributed by atoms with E-state index < -0.39 is 5.97 Å². The Hall–Kier alpha value is -1.92. The second-order valence-electron chi connectivity index (χ2n) is 4.92. The maximum absolute atomic E-state index is 10.8. The van der Waals surface area contributed by atoms with E-state index in [1.807, 2.05) is 13.8 Å². The van der Waals surface area contributed by atoms with Crippen molar-refractivity contribution in [2.75, 3.05) is 6.54 Å². The Morgan fingerprint density at radius 1 is 1.38 bits per heavy atom. The molecule has 1 aromatic carbocycles. The molecule has 0 unspecified atom stereocenters. The Morgan fingerprint density at radius 3 is 2.62 bits per heavy atom. The monoisotopic (exact) mass is 309 g/mol. The van der Waals surface area contributed by atoms with E-state index in [4.69, 9.17) is 21.2 Å². The number of carboxylic acids is 1. The number of carbonyl (C=O) groups is 1. The predicted octanol–water partition coefficient (Wildman–Crippen LogP) is 2.69. The second-order valence-corrected chi connectivity index (χ2v) is 5.35. The van der Waals surface area contributed by atoms with Crippen LogP contribution in [0.4, 0.5) is 0 Å². The van der Waals surface area contributed by atoms with Crippen molar-refractivity contribution in [2.45, 2.75) is 26.4 Å². The van der Waals surface area contributed by atoms with Gasteiger partial charge < -0.3 is 9.63 Å². The Kier molecular flexibility index (Phi) is 4.93. The highest BCUT2D eigenvalue weighted by Gasteiger charge is 2.17. The fourth-order valence-electron chi connectivity index (χ4n) is 1.80. The molecule has 2 aromatic rings. The van der Waals surface area contributed by atoms with Crippen LogP contribution in [0.2, 0.25) is 5.02 Å². The van der Waals surface area contributed by atoms with Crippen LogP contribution in [0.15, 0.2) is 28.8 Å². The summed E-state index contributed by atoms with van der Waals surface area (Å²) in [6.07, 6.45) is 0. The summed E-state index contributed by atoms with van der Waals surface area (Å²) in [6.45, 7) is 4.09. The van der Waals surface area contributed by atoms with Crippen molar-refractivity contribution in [1.82, 2.24) is 15.0 Å². The number of aromatic nitrogens is 2. The zero-order valence-electron chi connectivity index (χ0n) is 11.8. The number of nitrogens with zero attached hydrogens (tertiary/aromatic N) is 3. The van der Waals surface area contributed by atoms with E-state index in [-0.39, 0.29) is 12.6 Å². The van der Waals surface area contributed by atoms with Gasteiger partial charge in [-0.2, -0.15) is 4.98 Å².